The Hall–Kier alpha value is -1.98. The van der Waals surface area contributed by atoms with Gasteiger partial charge >= 0.3 is 5.97 Å². The SMILES string of the molecule is CCCC[C@H](NC(=O)c1ccc(F)cc1F)C(=O)O. The quantitative estimate of drug-likeness (QED) is 0.834. The minimum atomic E-state index is -1.18. The van der Waals surface area contributed by atoms with Gasteiger partial charge in [0.05, 0.1) is 5.56 Å². The van der Waals surface area contributed by atoms with E-state index in [9.17, 15) is 18.4 Å². The Labute approximate surface area is 109 Å². The van der Waals surface area contributed by atoms with Gasteiger partial charge in [-0.1, -0.05) is 19.8 Å². The van der Waals surface area contributed by atoms with Crippen LogP contribution in [0.2, 0.25) is 0 Å². The van der Waals surface area contributed by atoms with Crippen molar-refractivity contribution in [2.75, 3.05) is 0 Å². The van der Waals surface area contributed by atoms with Gasteiger partial charge < -0.3 is 10.4 Å². The van der Waals surface area contributed by atoms with E-state index in [1.165, 1.54) is 0 Å². The molecular weight excluding hydrogens is 256 g/mol. The van der Waals surface area contributed by atoms with Crippen molar-refractivity contribution in [2.45, 2.75) is 32.2 Å². The summed E-state index contributed by atoms with van der Waals surface area (Å²) in [6, 6.07) is 1.44. The maximum Gasteiger partial charge on any atom is 0.326 e. The Morgan fingerprint density at radius 2 is 2.05 bits per heavy atom. The molecule has 1 aromatic carbocycles. The molecule has 0 heterocycles. The van der Waals surface area contributed by atoms with Gasteiger partial charge in [-0.05, 0) is 18.6 Å². The Bertz CT molecular complexity index is 477. The minimum Gasteiger partial charge on any atom is -0.480 e. The van der Waals surface area contributed by atoms with Gasteiger partial charge in [0.1, 0.15) is 17.7 Å². The number of aliphatic carboxylic acids is 1. The summed E-state index contributed by atoms with van der Waals surface area (Å²) in [6.07, 6.45) is 1.67. The Morgan fingerprint density at radius 3 is 2.58 bits per heavy atom. The second-order valence-electron chi connectivity index (χ2n) is 4.13. The van der Waals surface area contributed by atoms with Gasteiger partial charge in [0, 0.05) is 6.07 Å². The van der Waals surface area contributed by atoms with E-state index in [1.807, 2.05) is 6.92 Å². The maximum absolute atomic E-state index is 13.4. The van der Waals surface area contributed by atoms with Crippen LogP contribution >= 0.6 is 0 Å². The summed E-state index contributed by atoms with van der Waals surface area (Å²) in [5.74, 6) is -3.85. The molecule has 0 aliphatic carbocycles. The summed E-state index contributed by atoms with van der Waals surface area (Å²) in [6.45, 7) is 1.89. The molecule has 0 aromatic heterocycles. The van der Waals surface area contributed by atoms with Crippen LogP contribution in [0.25, 0.3) is 0 Å². The third kappa shape index (κ3) is 4.31. The topological polar surface area (TPSA) is 66.4 Å². The van der Waals surface area contributed by atoms with Crippen LogP contribution in [-0.4, -0.2) is 23.0 Å². The predicted molar refractivity (Wildman–Crippen MR) is 64.8 cm³/mol. The minimum absolute atomic E-state index is 0.264. The zero-order chi connectivity index (χ0) is 14.4. The molecule has 4 nitrogen and oxygen atoms in total. The van der Waals surface area contributed by atoms with Crippen molar-refractivity contribution in [1.82, 2.24) is 5.32 Å². The number of nitrogens with one attached hydrogen (secondary N) is 1. The van der Waals surface area contributed by atoms with Gasteiger partial charge in [0.15, 0.2) is 0 Å². The molecule has 104 valence electrons. The highest BCUT2D eigenvalue weighted by Crippen LogP contribution is 2.10. The van der Waals surface area contributed by atoms with Crippen molar-refractivity contribution in [3.05, 3.63) is 35.4 Å². The van der Waals surface area contributed by atoms with Gasteiger partial charge in [-0.3, -0.25) is 4.79 Å². The molecule has 0 aliphatic rings. The first-order valence-corrected chi connectivity index (χ1v) is 5.94. The lowest BCUT2D eigenvalue weighted by atomic mass is 10.1. The van der Waals surface area contributed by atoms with Crippen molar-refractivity contribution in [3.63, 3.8) is 0 Å². The van der Waals surface area contributed by atoms with E-state index in [2.05, 4.69) is 5.32 Å². The van der Waals surface area contributed by atoms with Crippen LogP contribution in [0.3, 0.4) is 0 Å². The molecule has 0 aliphatic heterocycles. The third-order valence-electron chi connectivity index (χ3n) is 2.63. The fourth-order valence-electron chi connectivity index (χ4n) is 1.58. The number of benzene rings is 1. The summed E-state index contributed by atoms with van der Waals surface area (Å²) < 4.78 is 26.1. The molecule has 0 radical (unpaired) electrons. The fourth-order valence-corrected chi connectivity index (χ4v) is 1.58. The van der Waals surface area contributed by atoms with E-state index < -0.39 is 29.6 Å². The second kappa shape index (κ2) is 6.82. The zero-order valence-corrected chi connectivity index (χ0v) is 10.5. The molecule has 0 saturated carbocycles. The van der Waals surface area contributed by atoms with Gasteiger partial charge in [-0.15, -0.1) is 0 Å². The molecular formula is C13H15F2NO3. The van der Waals surface area contributed by atoms with E-state index in [4.69, 9.17) is 5.11 Å². The number of carboxylic acid groups (broad SMARTS) is 1. The zero-order valence-electron chi connectivity index (χ0n) is 10.5. The summed E-state index contributed by atoms with van der Waals surface area (Å²) in [4.78, 5) is 22.7. The Morgan fingerprint density at radius 1 is 1.37 bits per heavy atom. The van der Waals surface area contributed by atoms with Crippen LogP contribution in [0.15, 0.2) is 18.2 Å². The molecule has 1 amide bonds. The lowest BCUT2D eigenvalue weighted by molar-refractivity contribution is -0.139. The first-order valence-electron chi connectivity index (χ1n) is 5.94. The van der Waals surface area contributed by atoms with Crippen molar-refractivity contribution < 1.29 is 23.5 Å². The highest BCUT2D eigenvalue weighted by atomic mass is 19.1. The van der Waals surface area contributed by atoms with E-state index in [1.54, 1.807) is 0 Å². The van der Waals surface area contributed by atoms with Gasteiger partial charge in [-0.2, -0.15) is 0 Å². The second-order valence-corrected chi connectivity index (χ2v) is 4.13. The monoisotopic (exact) mass is 271 g/mol. The number of rotatable bonds is 6. The average molecular weight is 271 g/mol. The Kier molecular flexibility index (Phi) is 5.41. The molecule has 19 heavy (non-hydrogen) atoms. The van der Waals surface area contributed by atoms with Crippen LogP contribution in [0, 0.1) is 11.6 Å². The van der Waals surface area contributed by atoms with Crippen LogP contribution in [0.5, 0.6) is 0 Å². The van der Waals surface area contributed by atoms with Crippen LogP contribution in [-0.2, 0) is 4.79 Å². The van der Waals surface area contributed by atoms with Gasteiger partial charge in [0.2, 0.25) is 0 Å². The lowest BCUT2D eigenvalue weighted by Gasteiger charge is -2.14. The molecule has 2 N–H and O–H groups in total. The molecule has 0 bridgehead atoms. The van der Waals surface area contributed by atoms with Crippen molar-refractivity contribution in [3.8, 4) is 0 Å². The van der Waals surface area contributed by atoms with Gasteiger partial charge in [0.25, 0.3) is 5.91 Å². The molecule has 1 aromatic rings. The molecule has 0 saturated heterocycles. The number of halogens is 2. The number of amides is 1. The number of carboxylic acids is 1. The summed E-state index contributed by atoms with van der Waals surface area (Å²) in [7, 11) is 0. The highest BCUT2D eigenvalue weighted by Gasteiger charge is 2.21. The number of hydrogen-bond acceptors (Lipinski definition) is 2. The van der Waals surface area contributed by atoms with E-state index in [0.717, 1.165) is 18.6 Å². The average Bonchev–Trinajstić information content (AvgIpc) is 2.33. The summed E-state index contributed by atoms with van der Waals surface area (Å²) >= 11 is 0. The fraction of sp³-hybridized carbons (Fsp3) is 0.385. The molecule has 0 fully saturated rings. The van der Waals surface area contributed by atoms with Crippen LogP contribution < -0.4 is 5.32 Å². The highest BCUT2D eigenvalue weighted by molar-refractivity contribution is 5.96. The van der Waals surface area contributed by atoms with Crippen molar-refractivity contribution in [1.29, 1.82) is 0 Å². The van der Waals surface area contributed by atoms with Crippen LogP contribution in [0.1, 0.15) is 36.5 Å². The maximum atomic E-state index is 13.4. The molecule has 1 atom stereocenters. The van der Waals surface area contributed by atoms with E-state index in [0.29, 0.717) is 12.5 Å². The molecule has 1 rings (SSSR count). The van der Waals surface area contributed by atoms with E-state index >= 15 is 0 Å². The number of carbonyl (C=O) groups excluding carboxylic acids is 1. The number of hydrogen-bond donors (Lipinski definition) is 2. The first-order chi connectivity index (χ1) is 8.95. The third-order valence-corrected chi connectivity index (χ3v) is 2.63. The summed E-state index contributed by atoms with van der Waals surface area (Å²) in [5.41, 5.74) is -0.371. The molecule has 0 spiro atoms. The molecule has 0 unspecified atom stereocenters. The first kappa shape index (κ1) is 15.1. The number of unbranched alkanes of at least 4 members (excludes halogenated alkanes) is 1. The standard InChI is InChI=1S/C13H15F2NO3/c1-2-3-4-11(13(18)19)16-12(17)9-6-5-8(14)7-10(9)15/h5-7,11H,2-4H2,1H3,(H,16,17)(H,18,19)/t11-/m0/s1. The number of carbonyl (C=O) groups is 2. The van der Waals surface area contributed by atoms with Crippen molar-refractivity contribution in [2.24, 2.45) is 0 Å². The lowest BCUT2D eigenvalue weighted by Crippen LogP contribution is -2.41. The van der Waals surface area contributed by atoms with Gasteiger partial charge in [-0.25, -0.2) is 13.6 Å². The molecule has 6 heteroatoms. The predicted octanol–water partition coefficient (Wildman–Crippen LogP) is 2.34. The Balaban J connectivity index is 2.78. The van der Waals surface area contributed by atoms with E-state index in [-0.39, 0.29) is 12.0 Å². The van der Waals surface area contributed by atoms with Crippen molar-refractivity contribution >= 4 is 11.9 Å². The summed E-state index contributed by atoms with van der Waals surface area (Å²) in [5, 5.41) is 11.2. The largest absolute Gasteiger partial charge is 0.480 e. The normalized spacial score (nSPS) is 11.9. The smallest absolute Gasteiger partial charge is 0.326 e. The van der Waals surface area contributed by atoms with Crippen LogP contribution in [0.4, 0.5) is 8.78 Å².